The molecule has 1 aliphatic carbocycles. The zero-order chi connectivity index (χ0) is 18.5. The summed E-state index contributed by atoms with van der Waals surface area (Å²) in [4.78, 5) is 26.5. The van der Waals surface area contributed by atoms with Crippen LogP contribution in [0.2, 0.25) is 0 Å². The number of carbonyl (C=O) groups is 2. The molecule has 0 bridgehead atoms. The Labute approximate surface area is 155 Å². The number of nitrogens with one attached hydrogen (secondary N) is 1. The van der Waals surface area contributed by atoms with Crippen LogP contribution in [0.4, 0.5) is 5.69 Å². The van der Waals surface area contributed by atoms with Crippen LogP contribution in [0.1, 0.15) is 61.5 Å². The van der Waals surface area contributed by atoms with Crippen molar-refractivity contribution in [2.75, 3.05) is 5.32 Å². The van der Waals surface area contributed by atoms with Gasteiger partial charge in [-0.05, 0) is 49.6 Å². The molecule has 1 N–H and O–H groups in total. The Kier molecular flexibility index (Phi) is 5.71. The SMILES string of the molecule is CC(=O)Nc1ccc(C(=O)N(C2CCCC2)[C@H](C)c2ccccc2)cc1. The fourth-order valence-corrected chi connectivity index (χ4v) is 3.78. The maximum Gasteiger partial charge on any atom is 0.254 e. The first-order valence-corrected chi connectivity index (χ1v) is 9.31. The quantitative estimate of drug-likeness (QED) is 0.843. The third-order valence-electron chi connectivity index (χ3n) is 5.10. The highest BCUT2D eigenvalue weighted by Crippen LogP contribution is 2.32. The molecule has 1 aliphatic rings. The van der Waals surface area contributed by atoms with Crippen molar-refractivity contribution in [1.82, 2.24) is 4.90 Å². The average Bonchev–Trinajstić information content (AvgIpc) is 3.17. The lowest BCUT2D eigenvalue weighted by Crippen LogP contribution is -2.40. The zero-order valence-electron chi connectivity index (χ0n) is 15.4. The average molecular weight is 350 g/mol. The van der Waals surface area contributed by atoms with E-state index in [0.717, 1.165) is 18.4 Å². The number of hydrogen-bond acceptors (Lipinski definition) is 2. The monoisotopic (exact) mass is 350 g/mol. The molecule has 1 atom stereocenters. The molecule has 1 saturated carbocycles. The Morgan fingerprint density at radius 1 is 1.00 bits per heavy atom. The highest BCUT2D eigenvalue weighted by Gasteiger charge is 2.31. The van der Waals surface area contributed by atoms with Gasteiger partial charge in [-0.25, -0.2) is 0 Å². The largest absolute Gasteiger partial charge is 0.329 e. The van der Waals surface area contributed by atoms with Crippen molar-refractivity contribution in [2.24, 2.45) is 0 Å². The van der Waals surface area contributed by atoms with Crippen molar-refractivity contribution in [2.45, 2.75) is 51.6 Å². The summed E-state index contributed by atoms with van der Waals surface area (Å²) < 4.78 is 0. The maximum atomic E-state index is 13.3. The van der Waals surface area contributed by atoms with Gasteiger partial charge in [-0.1, -0.05) is 43.2 Å². The summed E-state index contributed by atoms with van der Waals surface area (Å²) in [6.07, 6.45) is 4.48. The highest BCUT2D eigenvalue weighted by molar-refractivity contribution is 5.96. The molecule has 26 heavy (non-hydrogen) atoms. The molecule has 0 aliphatic heterocycles. The van der Waals surface area contributed by atoms with E-state index in [-0.39, 0.29) is 23.9 Å². The second-order valence-electron chi connectivity index (χ2n) is 7.00. The Morgan fingerprint density at radius 3 is 2.19 bits per heavy atom. The van der Waals surface area contributed by atoms with E-state index in [0.29, 0.717) is 11.3 Å². The van der Waals surface area contributed by atoms with Crippen LogP contribution in [-0.4, -0.2) is 22.8 Å². The van der Waals surface area contributed by atoms with E-state index in [9.17, 15) is 9.59 Å². The van der Waals surface area contributed by atoms with Crippen LogP contribution in [-0.2, 0) is 4.79 Å². The normalized spacial score (nSPS) is 15.5. The highest BCUT2D eigenvalue weighted by atomic mass is 16.2. The fraction of sp³-hybridized carbons (Fsp3) is 0.364. The van der Waals surface area contributed by atoms with E-state index in [1.807, 2.05) is 18.2 Å². The molecule has 0 radical (unpaired) electrons. The molecule has 1 fully saturated rings. The number of benzene rings is 2. The Morgan fingerprint density at radius 2 is 1.62 bits per heavy atom. The lowest BCUT2D eigenvalue weighted by atomic mass is 10.0. The molecule has 0 spiro atoms. The second-order valence-corrected chi connectivity index (χ2v) is 7.00. The molecule has 4 nitrogen and oxygen atoms in total. The molecule has 0 saturated heterocycles. The summed E-state index contributed by atoms with van der Waals surface area (Å²) in [7, 11) is 0. The minimum Gasteiger partial charge on any atom is -0.329 e. The van der Waals surface area contributed by atoms with Gasteiger partial charge in [0.15, 0.2) is 0 Å². The molecule has 136 valence electrons. The minimum absolute atomic E-state index is 0.0295. The zero-order valence-corrected chi connectivity index (χ0v) is 15.4. The van der Waals surface area contributed by atoms with Crippen LogP contribution in [0.5, 0.6) is 0 Å². The van der Waals surface area contributed by atoms with Crippen molar-refractivity contribution >= 4 is 17.5 Å². The Bertz CT molecular complexity index is 749. The predicted molar refractivity (Wildman–Crippen MR) is 104 cm³/mol. The molecule has 0 aromatic heterocycles. The van der Waals surface area contributed by atoms with Gasteiger partial charge in [0.1, 0.15) is 0 Å². The Hall–Kier alpha value is -2.62. The summed E-state index contributed by atoms with van der Waals surface area (Å²) in [6.45, 7) is 3.58. The molecule has 2 amide bonds. The molecule has 2 aromatic rings. The van der Waals surface area contributed by atoms with Gasteiger partial charge < -0.3 is 10.2 Å². The van der Waals surface area contributed by atoms with E-state index < -0.39 is 0 Å². The van der Waals surface area contributed by atoms with Crippen molar-refractivity contribution < 1.29 is 9.59 Å². The molecule has 4 heteroatoms. The lowest BCUT2D eigenvalue weighted by molar-refractivity contribution is -0.114. The topological polar surface area (TPSA) is 49.4 Å². The number of rotatable bonds is 5. The van der Waals surface area contributed by atoms with Crippen LogP contribution in [0.3, 0.4) is 0 Å². The van der Waals surface area contributed by atoms with Gasteiger partial charge in [0.05, 0.1) is 6.04 Å². The van der Waals surface area contributed by atoms with Crippen LogP contribution in [0, 0.1) is 0 Å². The number of amides is 2. The number of carbonyl (C=O) groups excluding carboxylic acids is 2. The van der Waals surface area contributed by atoms with Gasteiger partial charge in [0.25, 0.3) is 5.91 Å². The molecular formula is C22H26N2O2. The molecule has 0 unspecified atom stereocenters. The summed E-state index contributed by atoms with van der Waals surface area (Å²) in [5.74, 6) is -0.0583. The molecule has 0 heterocycles. The third kappa shape index (κ3) is 4.13. The van der Waals surface area contributed by atoms with Gasteiger partial charge in [-0.15, -0.1) is 0 Å². The summed E-state index contributed by atoms with van der Waals surface area (Å²) in [6, 6.07) is 17.7. The summed E-state index contributed by atoms with van der Waals surface area (Å²) in [5, 5.41) is 2.74. The van der Waals surface area contributed by atoms with Gasteiger partial charge in [0.2, 0.25) is 5.91 Å². The number of anilines is 1. The van der Waals surface area contributed by atoms with E-state index in [2.05, 4.69) is 29.3 Å². The fourth-order valence-electron chi connectivity index (χ4n) is 3.78. The van der Waals surface area contributed by atoms with Gasteiger partial charge in [-0.2, -0.15) is 0 Å². The van der Waals surface area contributed by atoms with Crippen LogP contribution >= 0.6 is 0 Å². The molecule has 3 rings (SSSR count). The van der Waals surface area contributed by atoms with Gasteiger partial charge in [-0.3, -0.25) is 9.59 Å². The van der Waals surface area contributed by atoms with Crippen LogP contribution < -0.4 is 5.32 Å². The lowest BCUT2D eigenvalue weighted by Gasteiger charge is -2.35. The van der Waals surface area contributed by atoms with Crippen molar-refractivity contribution in [3.63, 3.8) is 0 Å². The van der Waals surface area contributed by atoms with Crippen LogP contribution in [0.25, 0.3) is 0 Å². The first-order valence-electron chi connectivity index (χ1n) is 9.31. The van der Waals surface area contributed by atoms with E-state index in [1.54, 1.807) is 24.3 Å². The second kappa shape index (κ2) is 8.17. The van der Waals surface area contributed by atoms with E-state index in [1.165, 1.54) is 19.8 Å². The minimum atomic E-state index is -0.116. The van der Waals surface area contributed by atoms with Gasteiger partial charge >= 0.3 is 0 Å². The van der Waals surface area contributed by atoms with Crippen molar-refractivity contribution in [1.29, 1.82) is 0 Å². The van der Waals surface area contributed by atoms with Crippen LogP contribution in [0.15, 0.2) is 54.6 Å². The van der Waals surface area contributed by atoms with Crippen molar-refractivity contribution in [3.8, 4) is 0 Å². The predicted octanol–water partition coefficient (Wildman–Crippen LogP) is 4.79. The number of nitrogens with zero attached hydrogens (tertiary/aromatic N) is 1. The van der Waals surface area contributed by atoms with E-state index in [4.69, 9.17) is 0 Å². The standard InChI is InChI=1S/C22H26N2O2/c1-16(18-8-4-3-5-9-18)24(21-10-6-7-11-21)22(26)19-12-14-20(15-13-19)23-17(2)25/h3-5,8-9,12-16,21H,6-7,10-11H2,1-2H3,(H,23,25)/t16-/m1/s1. The summed E-state index contributed by atoms with van der Waals surface area (Å²) in [5.41, 5.74) is 2.52. The smallest absolute Gasteiger partial charge is 0.254 e. The Balaban J connectivity index is 1.86. The number of hydrogen-bond donors (Lipinski definition) is 1. The van der Waals surface area contributed by atoms with Crippen molar-refractivity contribution in [3.05, 3.63) is 65.7 Å². The van der Waals surface area contributed by atoms with Gasteiger partial charge in [0, 0.05) is 24.2 Å². The first-order chi connectivity index (χ1) is 12.6. The summed E-state index contributed by atoms with van der Waals surface area (Å²) >= 11 is 0. The molecule has 2 aromatic carbocycles. The maximum absolute atomic E-state index is 13.3. The molecular weight excluding hydrogens is 324 g/mol. The van der Waals surface area contributed by atoms with E-state index >= 15 is 0 Å². The third-order valence-corrected chi connectivity index (χ3v) is 5.10. The first kappa shape index (κ1) is 18.2.